The average Bonchev–Trinajstić information content (AvgIpc) is 3.35. The molecule has 5 rings (SSSR count). The first-order valence-electron chi connectivity index (χ1n) is 10.7. The first-order chi connectivity index (χ1) is 14.2. The SMILES string of the molecule is CC1=CCc2c1c(-c1cc(S(C)(=O)=O)ccc1N1CCC3(CC1)CC3)cn(C)c2=O. The third kappa shape index (κ3) is 3.13. The molecule has 158 valence electrons. The van der Waals surface area contributed by atoms with Gasteiger partial charge in [0.25, 0.3) is 5.56 Å². The molecule has 0 radical (unpaired) electrons. The Kier molecular flexibility index (Phi) is 4.30. The number of allylic oxidation sites excluding steroid dienone is 2. The van der Waals surface area contributed by atoms with Crippen LogP contribution in [0.2, 0.25) is 0 Å². The van der Waals surface area contributed by atoms with Crippen LogP contribution >= 0.6 is 0 Å². The van der Waals surface area contributed by atoms with Gasteiger partial charge in [-0.15, -0.1) is 0 Å². The molecule has 5 nitrogen and oxygen atoms in total. The van der Waals surface area contributed by atoms with Gasteiger partial charge in [-0.2, -0.15) is 0 Å². The number of fused-ring (bicyclic) bond motifs is 1. The molecule has 2 fully saturated rings. The van der Waals surface area contributed by atoms with Crippen molar-refractivity contribution in [1.29, 1.82) is 0 Å². The van der Waals surface area contributed by atoms with Crippen LogP contribution in [0.4, 0.5) is 5.69 Å². The first kappa shape index (κ1) is 19.6. The summed E-state index contributed by atoms with van der Waals surface area (Å²) in [5, 5.41) is 0. The van der Waals surface area contributed by atoms with E-state index in [2.05, 4.69) is 11.0 Å². The van der Waals surface area contributed by atoms with Crippen LogP contribution in [0.5, 0.6) is 0 Å². The lowest BCUT2D eigenvalue weighted by atomic mass is 9.91. The van der Waals surface area contributed by atoms with Crippen molar-refractivity contribution >= 4 is 21.1 Å². The van der Waals surface area contributed by atoms with Crippen LogP contribution in [0.25, 0.3) is 16.7 Å². The number of nitrogens with zero attached hydrogens (tertiary/aromatic N) is 2. The van der Waals surface area contributed by atoms with Gasteiger partial charge in [0.05, 0.1) is 4.90 Å². The molecule has 1 aliphatic heterocycles. The molecule has 1 aromatic carbocycles. The van der Waals surface area contributed by atoms with Crippen molar-refractivity contribution in [3.05, 3.63) is 52.0 Å². The molecule has 1 aromatic heterocycles. The van der Waals surface area contributed by atoms with E-state index in [1.54, 1.807) is 23.7 Å². The van der Waals surface area contributed by atoms with Crippen molar-refractivity contribution in [2.24, 2.45) is 12.5 Å². The van der Waals surface area contributed by atoms with Crippen molar-refractivity contribution in [3.8, 4) is 11.1 Å². The Balaban J connectivity index is 1.71. The number of pyridine rings is 1. The number of rotatable bonds is 3. The topological polar surface area (TPSA) is 59.4 Å². The Hall–Kier alpha value is -2.34. The highest BCUT2D eigenvalue weighted by Gasteiger charge is 2.44. The second kappa shape index (κ2) is 6.58. The van der Waals surface area contributed by atoms with E-state index in [1.807, 2.05) is 19.2 Å². The Labute approximate surface area is 178 Å². The van der Waals surface area contributed by atoms with Gasteiger partial charge in [0, 0.05) is 55.0 Å². The summed E-state index contributed by atoms with van der Waals surface area (Å²) in [5.41, 5.74) is 6.38. The fourth-order valence-corrected chi connectivity index (χ4v) is 5.78. The minimum atomic E-state index is -3.34. The van der Waals surface area contributed by atoms with Crippen LogP contribution in [0.1, 0.15) is 43.7 Å². The van der Waals surface area contributed by atoms with Crippen LogP contribution in [0, 0.1) is 5.41 Å². The van der Waals surface area contributed by atoms with Gasteiger partial charge >= 0.3 is 0 Å². The molecular formula is C24H28N2O3S. The Morgan fingerprint density at radius 1 is 1.03 bits per heavy atom. The predicted molar refractivity (Wildman–Crippen MR) is 121 cm³/mol. The van der Waals surface area contributed by atoms with Crippen molar-refractivity contribution in [2.45, 2.75) is 43.9 Å². The average molecular weight is 425 g/mol. The fraction of sp³-hybridized carbons (Fsp3) is 0.458. The summed E-state index contributed by atoms with van der Waals surface area (Å²) in [6.45, 7) is 4.02. The van der Waals surface area contributed by atoms with Crippen LogP contribution in [-0.2, 0) is 23.3 Å². The molecule has 0 amide bonds. The van der Waals surface area contributed by atoms with Gasteiger partial charge in [-0.3, -0.25) is 4.79 Å². The predicted octanol–water partition coefficient (Wildman–Crippen LogP) is 3.80. The second-order valence-electron chi connectivity index (χ2n) is 9.34. The van der Waals surface area contributed by atoms with Gasteiger partial charge < -0.3 is 9.47 Å². The normalized spacial score (nSPS) is 19.7. The van der Waals surface area contributed by atoms with Crippen LogP contribution in [0.15, 0.2) is 40.2 Å². The van der Waals surface area contributed by atoms with Crippen LogP contribution in [-0.4, -0.2) is 32.3 Å². The van der Waals surface area contributed by atoms with Crippen molar-refractivity contribution in [1.82, 2.24) is 4.57 Å². The molecule has 1 spiro atoms. The molecular weight excluding hydrogens is 396 g/mol. The zero-order valence-corrected chi connectivity index (χ0v) is 18.7. The van der Waals surface area contributed by atoms with E-state index in [4.69, 9.17) is 0 Å². The van der Waals surface area contributed by atoms with Gasteiger partial charge in [-0.05, 0) is 73.8 Å². The largest absolute Gasteiger partial charge is 0.371 e. The van der Waals surface area contributed by atoms with Gasteiger partial charge in [-0.1, -0.05) is 6.08 Å². The quantitative estimate of drug-likeness (QED) is 0.752. The van der Waals surface area contributed by atoms with E-state index in [9.17, 15) is 13.2 Å². The molecule has 0 atom stereocenters. The minimum absolute atomic E-state index is 0.0244. The smallest absolute Gasteiger partial charge is 0.254 e. The summed E-state index contributed by atoms with van der Waals surface area (Å²) >= 11 is 0. The van der Waals surface area contributed by atoms with Crippen molar-refractivity contribution in [2.75, 3.05) is 24.2 Å². The Morgan fingerprint density at radius 3 is 2.37 bits per heavy atom. The molecule has 0 N–H and O–H groups in total. The highest BCUT2D eigenvalue weighted by atomic mass is 32.2. The van der Waals surface area contributed by atoms with E-state index in [1.165, 1.54) is 31.9 Å². The van der Waals surface area contributed by atoms with Gasteiger partial charge in [0.2, 0.25) is 0 Å². The number of aryl methyl sites for hydroxylation is 1. The number of sulfone groups is 1. The van der Waals surface area contributed by atoms with Gasteiger partial charge in [0.15, 0.2) is 9.84 Å². The summed E-state index contributed by atoms with van der Waals surface area (Å²) < 4.78 is 26.3. The Morgan fingerprint density at radius 2 is 1.73 bits per heavy atom. The van der Waals surface area contributed by atoms with Crippen molar-refractivity contribution in [3.63, 3.8) is 0 Å². The zero-order chi connectivity index (χ0) is 21.3. The number of piperidine rings is 1. The van der Waals surface area contributed by atoms with Gasteiger partial charge in [-0.25, -0.2) is 8.42 Å². The number of benzene rings is 1. The summed E-state index contributed by atoms with van der Waals surface area (Å²) in [6, 6.07) is 5.49. The number of aromatic nitrogens is 1. The number of hydrogen-bond acceptors (Lipinski definition) is 4. The summed E-state index contributed by atoms with van der Waals surface area (Å²) in [4.78, 5) is 15.4. The third-order valence-electron chi connectivity index (χ3n) is 7.29. The Bertz CT molecular complexity index is 1240. The number of anilines is 1. The summed E-state index contributed by atoms with van der Waals surface area (Å²) in [5.74, 6) is 0. The molecule has 0 bridgehead atoms. The van der Waals surface area contributed by atoms with E-state index >= 15 is 0 Å². The third-order valence-corrected chi connectivity index (χ3v) is 8.40. The molecule has 1 saturated carbocycles. The second-order valence-corrected chi connectivity index (χ2v) is 11.4. The molecule has 2 heterocycles. The molecule has 30 heavy (non-hydrogen) atoms. The fourth-order valence-electron chi connectivity index (χ4n) is 5.14. The van der Waals surface area contributed by atoms with E-state index in [0.29, 0.717) is 16.7 Å². The summed E-state index contributed by atoms with van der Waals surface area (Å²) in [7, 11) is -1.56. The molecule has 2 aromatic rings. The van der Waals surface area contributed by atoms with Crippen molar-refractivity contribution < 1.29 is 8.42 Å². The van der Waals surface area contributed by atoms with E-state index < -0.39 is 9.84 Å². The number of hydrogen-bond donors (Lipinski definition) is 0. The van der Waals surface area contributed by atoms with E-state index in [0.717, 1.165) is 46.6 Å². The molecule has 0 unspecified atom stereocenters. The maximum Gasteiger partial charge on any atom is 0.254 e. The highest BCUT2D eigenvalue weighted by molar-refractivity contribution is 7.90. The molecule has 6 heteroatoms. The monoisotopic (exact) mass is 424 g/mol. The maximum atomic E-state index is 12.7. The lowest BCUT2D eigenvalue weighted by Crippen LogP contribution is -2.34. The minimum Gasteiger partial charge on any atom is -0.371 e. The highest BCUT2D eigenvalue weighted by Crippen LogP contribution is 2.54. The standard InChI is InChI=1S/C24H28N2O3S/c1-16-4-6-18-22(16)20(15-25(2)23(18)27)19-14-17(30(3,28)29)5-7-21(19)26-12-10-24(8-9-24)11-13-26/h4-5,7,14-15H,6,8-13H2,1-3H3. The van der Waals surface area contributed by atoms with Crippen LogP contribution in [0.3, 0.4) is 0 Å². The lowest BCUT2D eigenvalue weighted by molar-refractivity contribution is 0.384. The van der Waals surface area contributed by atoms with E-state index in [-0.39, 0.29) is 5.56 Å². The molecule has 3 aliphatic rings. The maximum absolute atomic E-state index is 12.7. The van der Waals surface area contributed by atoms with Gasteiger partial charge in [0.1, 0.15) is 0 Å². The zero-order valence-electron chi connectivity index (χ0n) is 17.9. The molecule has 2 aliphatic carbocycles. The molecule has 1 saturated heterocycles. The lowest BCUT2D eigenvalue weighted by Gasteiger charge is -2.35. The summed E-state index contributed by atoms with van der Waals surface area (Å²) in [6.07, 6.45) is 10.9. The van der Waals surface area contributed by atoms with Crippen LogP contribution < -0.4 is 10.5 Å². The first-order valence-corrected chi connectivity index (χ1v) is 12.6.